The third-order valence-corrected chi connectivity index (χ3v) is 3.07. The van der Waals surface area contributed by atoms with Crippen molar-refractivity contribution in [3.05, 3.63) is 65.5 Å². The monoisotopic (exact) mass is 275 g/mol. The molecule has 0 aliphatic rings. The van der Waals surface area contributed by atoms with Gasteiger partial charge in [-0.1, -0.05) is 24.3 Å². The van der Waals surface area contributed by atoms with Gasteiger partial charge in [-0.2, -0.15) is 0 Å². The van der Waals surface area contributed by atoms with Crippen LogP contribution in [0.25, 0.3) is 0 Å². The van der Waals surface area contributed by atoms with Crippen molar-refractivity contribution >= 4 is 0 Å². The fourth-order valence-corrected chi connectivity index (χ4v) is 1.86. The van der Waals surface area contributed by atoms with E-state index in [9.17, 15) is 4.39 Å². The Labute approximate surface area is 117 Å². The maximum atomic E-state index is 12.8. The van der Waals surface area contributed by atoms with Crippen LogP contribution in [0.1, 0.15) is 23.6 Å². The molecule has 2 rings (SSSR count). The van der Waals surface area contributed by atoms with Gasteiger partial charge in [0.25, 0.3) is 0 Å². The van der Waals surface area contributed by atoms with E-state index in [0.717, 1.165) is 16.9 Å². The Kier molecular flexibility index (Phi) is 5.09. The first-order valence-corrected chi connectivity index (χ1v) is 6.52. The van der Waals surface area contributed by atoms with Gasteiger partial charge in [0.1, 0.15) is 18.2 Å². The van der Waals surface area contributed by atoms with Gasteiger partial charge in [-0.25, -0.2) is 4.39 Å². The molecule has 0 amide bonds. The van der Waals surface area contributed by atoms with E-state index in [2.05, 4.69) is 0 Å². The summed E-state index contributed by atoms with van der Waals surface area (Å²) < 4.78 is 18.4. The van der Waals surface area contributed by atoms with Crippen molar-refractivity contribution in [1.29, 1.82) is 0 Å². The van der Waals surface area contributed by atoms with Crippen LogP contribution in [0.15, 0.2) is 48.5 Å². The standard InChI is InChI=1S/C16H18FNO2/c17-14-5-1-12(2-6-14)11-20-15-7-3-13(4-8-15)16(18)9-10-19/h1-8,16,19H,9-11,18H2. The second-order valence-corrected chi connectivity index (χ2v) is 4.60. The summed E-state index contributed by atoms with van der Waals surface area (Å²) in [4.78, 5) is 0. The molecule has 0 heterocycles. The molecule has 0 aliphatic heterocycles. The molecular formula is C16H18FNO2. The molecule has 3 nitrogen and oxygen atoms in total. The summed E-state index contributed by atoms with van der Waals surface area (Å²) in [6.07, 6.45) is 0.537. The van der Waals surface area contributed by atoms with Crippen molar-refractivity contribution in [3.8, 4) is 5.75 Å². The Morgan fingerprint density at radius 1 is 1.05 bits per heavy atom. The van der Waals surface area contributed by atoms with Crippen molar-refractivity contribution in [2.45, 2.75) is 19.1 Å². The predicted molar refractivity (Wildman–Crippen MR) is 75.8 cm³/mol. The van der Waals surface area contributed by atoms with Crippen molar-refractivity contribution in [2.75, 3.05) is 6.61 Å². The molecule has 0 saturated carbocycles. The molecule has 1 unspecified atom stereocenters. The van der Waals surface area contributed by atoms with Crippen LogP contribution >= 0.6 is 0 Å². The Morgan fingerprint density at radius 2 is 1.70 bits per heavy atom. The van der Waals surface area contributed by atoms with Gasteiger partial charge < -0.3 is 15.6 Å². The van der Waals surface area contributed by atoms with E-state index in [1.54, 1.807) is 12.1 Å². The first kappa shape index (κ1) is 14.5. The summed E-state index contributed by atoms with van der Waals surface area (Å²) in [6.45, 7) is 0.465. The van der Waals surface area contributed by atoms with Gasteiger partial charge in [-0.05, 0) is 41.8 Å². The molecule has 0 spiro atoms. The zero-order valence-corrected chi connectivity index (χ0v) is 11.1. The minimum atomic E-state index is -0.254. The first-order chi connectivity index (χ1) is 9.69. The predicted octanol–water partition coefficient (Wildman–Crippen LogP) is 2.79. The number of hydrogen-bond donors (Lipinski definition) is 2. The minimum absolute atomic E-state index is 0.0734. The van der Waals surface area contributed by atoms with Gasteiger partial charge in [0.05, 0.1) is 0 Å². The highest BCUT2D eigenvalue weighted by atomic mass is 19.1. The maximum absolute atomic E-state index is 12.8. The smallest absolute Gasteiger partial charge is 0.123 e. The first-order valence-electron chi connectivity index (χ1n) is 6.52. The van der Waals surface area contributed by atoms with Crippen LogP contribution in [0, 0.1) is 5.82 Å². The maximum Gasteiger partial charge on any atom is 0.123 e. The number of aliphatic hydroxyl groups excluding tert-OH is 1. The van der Waals surface area contributed by atoms with Crippen molar-refractivity contribution in [3.63, 3.8) is 0 Å². The Bertz CT molecular complexity index is 525. The number of ether oxygens (including phenoxy) is 1. The van der Waals surface area contributed by atoms with E-state index in [0.29, 0.717) is 13.0 Å². The average Bonchev–Trinajstić information content (AvgIpc) is 2.47. The number of rotatable bonds is 6. The summed E-state index contributed by atoms with van der Waals surface area (Å²) in [7, 11) is 0. The molecule has 1 atom stereocenters. The summed E-state index contributed by atoms with van der Waals surface area (Å²) in [6, 6.07) is 13.5. The summed E-state index contributed by atoms with van der Waals surface area (Å²) in [5.41, 5.74) is 7.77. The molecule has 0 fully saturated rings. The van der Waals surface area contributed by atoms with Crippen LogP contribution < -0.4 is 10.5 Å². The molecule has 0 aromatic heterocycles. The lowest BCUT2D eigenvalue weighted by atomic mass is 10.1. The zero-order chi connectivity index (χ0) is 14.4. The number of aliphatic hydroxyl groups is 1. The van der Waals surface area contributed by atoms with Gasteiger partial charge in [0.15, 0.2) is 0 Å². The third kappa shape index (κ3) is 4.05. The van der Waals surface area contributed by atoms with Crippen molar-refractivity contribution in [2.24, 2.45) is 5.73 Å². The van der Waals surface area contributed by atoms with Crippen LogP contribution in [0.4, 0.5) is 4.39 Å². The van der Waals surface area contributed by atoms with E-state index in [-0.39, 0.29) is 18.5 Å². The SMILES string of the molecule is NC(CCO)c1ccc(OCc2ccc(F)cc2)cc1. The van der Waals surface area contributed by atoms with Crippen LogP contribution in [0.5, 0.6) is 5.75 Å². The van der Waals surface area contributed by atoms with Gasteiger partial charge in [0, 0.05) is 12.6 Å². The highest BCUT2D eigenvalue weighted by Gasteiger charge is 2.05. The molecule has 0 radical (unpaired) electrons. The molecular weight excluding hydrogens is 257 g/mol. The van der Waals surface area contributed by atoms with Gasteiger partial charge in [-0.3, -0.25) is 0 Å². The average molecular weight is 275 g/mol. The zero-order valence-electron chi connectivity index (χ0n) is 11.1. The third-order valence-electron chi connectivity index (χ3n) is 3.07. The van der Waals surface area contributed by atoms with Crippen LogP contribution in [0.2, 0.25) is 0 Å². The largest absolute Gasteiger partial charge is 0.489 e. The van der Waals surface area contributed by atoms with Crippen molar-refractivity contribution in [1.82, 2.24) is 0 Å². The Hall–Kier alpha value is -1.91. The summed E-state index contributed by atoms with van der Waals surface area (Å²) in [5, 5.41) is 8.85. The Morgan fingerprint density at radius 3 is 2.30 bits per heavy atom. The topological polar surface area (TPSA) is 55.5 Å². The van der Waals surface area contributed by atoms with Crippen LogP contribution in [-0.2, 0) is 6.61 Å². The van der Waals surface area contributed by atoms with Crippen LogP contribution in [-0.4, -0.2) is 11.7 Å². The molecule has 20 heavy (non-hydrogen) atoms. The molecule has 3 N–H and O–H groups in total. The molecule has 4 heteroatoms. The lowest BCUT2D eigenvalue weighted by Gasteiger charge is -2.11. The van der Waals surface area contributed by atoms with Gasteiger partial charge in [-0.15, -0.1) is 0 Å². The minimum Gasteiger partial charge on any atom is -0.489 e. The van der Waals surface area contributed by atoms with Gasteiger partial charge in [0.2, 0.25) is 0 Å². The summed E-state index contributed by atoms with van der Waals surface area (Å²) in [5.74, 6) is 0.477. The fourth-order valence-electron chi connectivity index (χ4n) is 1.86. The highest BCUT2D eigenvalue weighted by molar-refractivity contribution is 5.29. The van der Waals surface area contributed by atoms with Gasteiger partial charge >= 0.3 is 0 Å². The second-order valence-electron chi connectivity index (χ2n) is 4.60. The number of halogens is 1. The lowest BCUT2D eigenvalue weighted by molar-refractivity contribution is 0.276. The van der Waals surface area contributed by atoms with E-state index in [4.69, 9.17) is 15.6 Å². The van der Waals surface area contributed by atoms with E-state index < -0.39 is 0 Å². The molecule has 0 bridgehead atoms. The molecule has 106 valence electrons. The lowest BCUT2D eigenvalue weighted by Crippen LogP contribution is -2.11. The number of nitrogens with two attached hydrogens (primary N) is 1. The number of hydrogen-bond acceptors (Lipinski definition) is 3. The molecule has 2 aromatic rings. The quantitative estimate of drug-likeness (QED) is 0.852. The van der Waals surface area contributed by atoms with E-state index >= 15 is 0 Å². The van der Waals surface area contributed by atoms with Crippen molar-refractivity contribution < 1.29 is 14.2 Å². The normalized spacial score (nSPS) is 12.2. The molecule has 0 aliphatic carbocycles. The highest BCUT2D eigenvalue weighted by Crippen LogP contribution is 2.19. The second kappa shape index (κ2) is 7.03. The number of benzene rings is 2. The fraction of sp³-hybridized carbons (Fsp3) is 0.250. The molecule has 2 aromatic carbocycles. The van der Waals surface area contributed by atoms with Crippen LogP contribution in [0.3, 0.4) is 0 Å². The molecule has 0 saturated heterocycles. The Balaban J connectivity index is 1.92. The van der Waals surface area contributed by atoms with E-state index in [1.165, 1.54) is 12.1 Å². The summed E-state index contributed by atoms with van der Waals surface area (Å²) >= 11 is 0. The van der Waals surface area contributed by atoms with E-state index in [1.807, 2.05) is 24.3 Å².